The molecule has 0 spiro atoms. The van der Waals surface area contributed by atoms with Crippen LogP contribution in [0.1, 0.15) is 0 Å². The fraction of sp³-hybridized carbons (Fsp3) is 0. The number of furan rings is 1. The summed E-state index contributed by atoms with van der Waals surface area (Å²) < 4.78 is 11.9. The number of fused-ring (bicyclic) bond motifs is 9. The number of aromatic nitrogens is 1. The smallest absolute Gasteiger partial charge is 0.159 e. The summed E-state index contributed by atoms with van der Waals surface area (Å²) in [6.45, 7) is 0. The highest BCUT2D eigenvalue weighted by Gasteiger charge is 2.20. The molecule has 0 aliphatic carbocycles. The lowest BCUT2D eigenvalue weighted by Gasteiger charge is -2.10. The molecule has 0 amide bonds. The Balaban J connectivity index is 1.16. The quantitative estimate of drug-likeness (QED) is 0.183. The molecule has 0 fully saturated rings. The van der Waals surface area contributed by atoms with E-state index in [1.807, 2.05) is 11.3 Å². The Bertz CT molecular complexity index is 3030. The van der Waals surface area contributed by atoms with Crippen LogP contribution in [0.15, 0.2) is 180 Å². The van der Waals surface area contributed by atoms with Crippen LogP contribution >= 0.6 is 11.3 Å². The molecule has 0 atom stereocenters. The van der Waals surface area contributed by atoms with Crippen LogP contribution in [0, 0.1) is 0 Å². The van der Waals surface area contributed by atoms with E-state index < -0.39 is 0 Å². The Morgan fingerprint density at radius 1 is 0.392 bits per heavy atom. The van der Waals surface area contributed by atoms with Crippen molar-refractivity contribution in [3.05, 3.63) is 176 Å². The molecule has 8 aromatic carbocycles. The molecule has 0 aliphatic rings. The maximum Gasteiger partial charge on any atom is 0.159 e. The molecule has 3 heterocycles. The fourth-order valence-corrected chi connectivity index (χ4v) is 9.13. The highest BCUT2D eigenvalue weighted by atomic mass is 32.1. The summed E-state index contributed by atoms with van der Waals surface area (Å²) in [5, 5.41) is 7.30. The van der Waals surface area contributed by atoms with Crippen molar-refractivity contribution in [1.29, 1.82) is 0 Å². The van der Waals surface area contributed by atoms with Gasteiger partial charge >= 0.3 is 0 Å². The maximum absolute atomic E-state index is 6.88. The van der Waals surface area contributed by atoms with E-state index in [2.05, 4.69) is 180 Å². The molecular weight excluding hydrogens is 639 g/mol. The number of benzene rings is 8. The van der Waals surface area contributed by atoms with Crippen molar-refractivity contribution in [2.75, 3.05) is 0 Å². The van der Waals surface area contributed by atoms with E-state index in [1.54, 1.807) is 0 Å². The van der Waals surface area contributed by atoms with Gasteiger partial charge in [-0.05, 0) is 88.0 Å². The Hall–Kier alpha value is -6.42. The molecule has 0 unspecified atom stereocenters. The molecule has 0 saturated carbocycles. The Morgan fingerprint density at radius 3 is 1.71 bits per heavy atom. The zero-order valence-electron chi connectivity index (χ0n) is 27.5. The van der Waals surface area contributed by atoms with Gasteiger partial charge in [-0.2, -0.15) is 0 Å². The second-order valence-corrected chi connectivity index (χ2v) is 14.4. The number of rotatable bonds is 4. The molecular formula is C48H29NOS. The number of hydrogen-bond donors (Lipinski definition) is 0. The normalized spacial score (nSPS) is 11.9. The number of nitrogens with zero attached hydrogens (tertiary/aromatic N) is 1. The molecule has 3 heteroatoms. The standard InChI is InChI=1S/C48H29NOS/c1-3-11-30(12-4-1)32-21-24-41-38(27-32)39-28-33(31-13-5-2-6-14-31)22-25-42(39)49(41)43-18-9-17-37-47-35(16-10-19-44(47)50-48(37)43)34-23-26-46-40(29-34)36-15-7-8-20-45(36)51-46/h1-29H. The van der Waals surface area contributed by atoms with Gasteiger partial charge in [0, 0.05) is 41.7 Å². The number of para-hydroxylation sites is 1. The van der Waals surface area contributed by atoms with E-state index in [1.165, 1.54) is 64.3 Å². The van der Waals surface area contributed by atoms with Gasteiger partial charge in [0.1, 0.15) is 5.58 Å². The van der Waals surface area contributed by atoms with Crippen molar-refractivity contribution in [3.63, 3.8) is 0 Å². The number of hydrogen-bond acceptors (Lipinski definition) is 2. The first-order chi connectivity index (χ1) is 25.3. The zero-order chi connectivity index (χ0) is 33.5. The topological polar surface area (TPSA) is 18.1 Å². The van der Waals surface area contributed by atoms with E-state index in [0.29, 0.717) is 0 Å². The van der Waals surface area contributed by atoms with E-state index in [-0.39, 0.29) is 0 Å². The van der Waals surface area contributed by atoms with Crippen molar-refractivity contribution in [2.45, 2.75) is 0 Å². The Morgan fingerprint density at radius 2 is 0.980 bits per heavy atom. The average molecular weight is 668 g/mol. The minimum Gasteiger partial charge on any atom is -0.454 e. The summed E-state index contributed by atoms with van der Waals surface area (Å²) >= 11 is 1.85. The molecule has 11 aromatic rings. The van der Waals surface area contributed by atoms with E-state index >= 15 is 0 Å². The SMILES string of the molecule is c1ccc(-c2ccc3c(c2)c2cc(-c4ccccc4)ccc2n3-c2cccc3c2oc2cccc(-c4ccc5sc6ccccc6c5c4)c23)cc1. The Labute approximate surface area is 298 Å². The van der Waals surface area contributed by atoms with Gasteiger partial charge in [0.15, 0.2) is 5.58 Å². The van der Waals surface area contributed by atoms with Crippen LogP contribution in [0.4, 0.5) is 0 Å². The van der Waals surface area contributed by atoms with Crippen LogP contribution < -0.4 is 0 Å². The van der Waals surface area contributed by atoms with E-state index in [4.69, 9.17) is 4.42 Å². The summed E-state index contributed by atoms with van der Waals surface area (Å²) in [4.78, 5) is 0. The second-order valence-electron chi connectivity index (χ2n) is 13.3. The van der Waals surface area contributed by atoms with Gasteiger partial charge in [-0.1, -0.05) is 121 Å². The molecule has 0 radical (unpaired) electrons. The van der Waals surface area contributed by atoms with Crippen LogP contribution in [0.3, 0.4) is 0 Å². The second kappa shape index (κ2) is 11.0. The average Bonchev–Trinajstić information content (AvgIpc) is 3.87. The van der Waals surface area contributed by atoms with Crippen LogP contribution in [0.25, 0.3) is 103 Å². The molecule has 0 saturated heterocycles. The molecule has 51 heavy (non-hydrogen) atoms. The third kappa shape index (κ3) is 4.35. The van der Waals surface area contributed by atoms with Gasteiger partial charge in [-0.3, -0.25) is 0 Å². The minimum atomic E-state index is 0.889. The van der Waals surface area contributed by atoms with Crippen molar-refractivity contribution < 1.29 is 4.42 Å². The fourth-order valence-electron chi connectivity index (χ4n) is 8.05. The van der Waals surface area contributed by atoms with Crippen LogP contribution in [0.2, 0.25) is 0 Å². The third-order valence-corrected chi connectivity index (χ3v) is 11.6. The monoisotopic (exact) mass is 667 g/mol. The number of thiophene rings is 1. The Kier molecular flexibility index (Phi) is 6.16. The van der Waals surface area contributed by atoms with Crippen LogP contribution in [-0.4, -0.2) is 4.57 Å². The molecule has 3 aromatic heterocycles. The molecule has 0 N–H and O–H groups in total. The lowest BCUT2D eigenvalue weighted by atomic mass is 9.98. The molecule has 0 aliphatic heterocycles. The summed E-state index contributed by atoms with van der Waals surface area (Å²) in [5.41, 5.74) is 12.3. The third-order valence-electron chi connectivity index (χ3n) is 10.4. The highest BCUT2D eigenvalue weighted by Crippen LogP contribution is 2.44. The van der Waals surface area contributed by atoms with Crippen molar-refractivity contribution >= 4 is 75.3 Å². The van der Waals surface area contributed by atoms with Gasteiger partial charge in [0.05, 0.1) is 16.7 Å². The largest absolute Gasteiger partial charge is 0.454 e. The predicted octanol–water partition coefficient (Wildman–Crippen LogP) is 14.1. The lowest BCUT2D eigenvalue weighted by molar-refractivity contribution is 0.666. The first-order valence-electron chi connectivity index (χ1n) is 17.3. The van der Waals surface area contributed by atoms with Gasteiger partial charge in [0.25, 0.3) is 0 Å². The zero-order valence-corrected chi connectivity index (χ0v) is 28.3. The van der Waals surface area contributed by atoms with Crippen molar-refractivity contribution in [1.82, 2.24) is 4.57 Å². The maximum atomic E-state index is 6.88. The molecule has 2 nitrogen and oxygen atoms in total. The molecule has 11 rings (SSSR count). The first kappa shape index (κ1) is 28.4. The highest BCUT2D eigenvalue weighted by molar-refractivity contribution is 7.25. The van der Waals surface area contributed by atoms with Gasteiger partial charge < -0.3 is 8.98 Å². The summed E-state index contributed by atoms with van der Waals surface area (Å²) in [5.74, 6) is 0. The first-order valence-corrected chi connectivity index (χ1v) is 18.2. The van der Waals surface area contributed by atoms with Gasteiger partial charge in [0.2, 0.25) is 0 Å². The summed E-state index contributed by atoms with van der Waals surface area (Å²) in [7, 11) is 0. The summed E-state index contributed by atoms with van der Waals surface area (Å²) in [6, 6.07) is 63.6. The summed E-state index contributed by atoms with van der Waals surface area (Å²) in [6.07, 6.45) is 0. The van der Waals surface area contributed by atoms with Crippen molar-refractivity contribution in [3.8, 4) is 39.1 Å². The lowest BCUT2D eigenvalue weighted by Crippen LogP contribution is -1.94. The predicted molar refractivity (Wildman–Crippen MR) is 217 cm³/mol. The van der Waals surface area contributed by atoms with E-state index in [0.717, 1.165) is 38.7 Å². The van der Waals surface area contributed by atoms with Crippen LogP contribution in [0.5, 0.6) is 0 Å². The van der Waals surface area contributed by atoms with Crippen molar-refractivity contribution in [2.24, 2.45) is 0 Å². The molecule has 0 bridgehead atoms. The minimum absolute atomic E-state index is 0.889. The van der Waals surface area contributed by atoms with Gasteiger partial charge in [-0.25, -0.2) is 0 Å². The van der Waals surface area contributed by atoms with Gasteiger partial charge in [-0.15, -0.1) is 11.3 Å². The van der Waals surface area contributed by atoms with Crippen LogP contribution in [-0.2, 0) is 0 Å². The molecule has 238 valence electrons. The van der Waals surface area contributed by atoms with E-state index in [9.17, 15) is 0 Å².